The highest BCUT2D eigenvalue weighted by molar-refractivity contribution is 5.97. The van der Waals surface area contributed by atoms with Crippen molar-refractivity contribution in [3.05, 3.63) is 84.1 Å². The van der Waals surface area contributed by atoms with E-state index >= 15 is 0 Å². The van der Waals surface area contributed by atoms with Gasteiger partial charge in [-0.05, 0) is 106 Å². The lowest BCUT2D eigenvalue weighted by molar-refractivity contribution is -0.129. The number of para-hydroxylation sites is 1. The number of imidazole rings is 1. The van der Waals surface area contributed by atoms with Crippen molar-refractivity contribution in [2.24, 2.45) is 99.3 Å². The Morgan fingerprint density at radius 2 is 1.02 bits per heavy atom. The molecule has 3 heterocycles. The van der Waals surface area contributed by atoms with Crippen molar-refractivity contribution in [3.8, 4) is 5.75 Å². The summed E-state index contributed by atoms with van der Waals surface area (Å²) in [5.41, 5.74) is 7.94. The molecular formula is C77H115N21O20. The molecule has 118 heavy (non-hydrogen) atoms. The average molecular weight is 1650 g/mol. The summed E-state index contributed by atoms with van der Waals surface area (Å²) in [5.74, 6) is -14.6. The standard InChI is InChI=1S/C77H115N21O20/c1-37(2)23-50(68(109)84-34-62(105)98-22-14-17-58(98)76(117)93-55(28-46-32-81-36-85-46)69(110)87-42(10)67(108)96-63(40(7)8)65(80)106)90-70(111)51(24-38(3)4)91-72(113)53(26-44-18-20-47(101)21-19-44)89-61(104)33-83-66(107)41(9)86-75(116)57(35-99)95-73(114)56(29-59(79)102)92-71(112)52(25-39(5)6)94-77(118)64(43(11)100)97-74(115)54(88-60(103)30-78)27-45-31-82-49-16-13-12-15-48(45)49/h12-13,15-16,18-21,31-32,36-43,50-58,63-64,82,99-101H,14,17,22-30,33-35,78H2,1-11H3,(H2,79,102)(H2,80,106)(H,81,85)(H,83,107)(H,84,109)(H,86,116)(H,87,110)(H,88,103)(H,89,104)(H,90,111)(H,91,113)(H,92,112)(H,93,117)(H,94,118)(H,95,114)(H,96,108)(H,97,115). The first-order chi connectivity index (χ1) is 55.6. The fraction of sp³-hybridized carbons (Fsp3) is 0.558. The molecule has 1 amide bonds. The number of amides is 1. The van der Waals surface area contributed by atoms with E-state index in [1.165, 1.54) is 62.5 Å². The van der Waals surface area contributed by atoms with Crippen LogP contribution in [0.15, 0.2) is 137 Å². The van der Waals surface area contributed by atoms with Crippen molar-refractivity contribution in [2.75, 3.05) is 32.8 Å². The lowest BCUT2D eigenvalue weighted by Crippen LogP contribution is -2.42. The van der Waals surface area contributed by atoms with Gasteiger partial charge in [-0.3, -0.25) is 15.6 Å². The van der Waals surface area contributed by atoms with Crippen molar-refractivity contribution in [3.63, 3.8) is 0 Å². The van der Waals surface area contributed by atoms with Crippen molar-refractivity contribution < 1.29 is 102 Å². The van der Waals surface area contributed by atoms with Crippen LogP contribution in [0.25, 0.3) is 10.9 Å². The van der Waals surface area contributed by atoms with Gasteiger partial charge in [-0.1, -0.05) is 85.7 Å². The molecule has 41 heteroatoms. The largest absolute Gasteiger partial charge is 0.508 e. The first kappa shape index (κ1) is 96.4. The Kier molecular flexibility index (Phi) is 38.1. The molecule has 0 saturated carbocycles. The van der Waals surface area contributed by atoms with Crippen molar-refractivity contribution >= 4 is 111 Å². The molecule has 0 spiro atoms. The van der Waals surface area contributed by atoms with Gasteiger partial charge in [0.15, 0.2) is 23.9 Å². The number of aromatic nitrogens is 3. The lowest BCUT2D eigenvalue weighted by Gasteiger charge is -2.24. The van der Waals surface area contributed by atoms with Crippen LogP contribution in [-0.4, -0.2) is 335 Å². The highest BCUT2D eigenvalue weighted by atomic mass is 16.3. The SMILES string of the molecule is CC(C)CC(N=C(O)C(CC(C)C)N=C(O)C(Cc1ccc(O)cc1)N=C(O)CN=C(O)C(C)N=C(O)C(CO)N=C(O)C(CC(=N)O)N=C(O)C(CC(C)C)N=C(O)C(N=C(O)C(Cc1c[nH]c2ccccc12)N=C(O)CN)C(C)O)C(O)=NCC(=O)N1CCCC1C(O)=NC(Cc1cnc[nH]1)C(O)=NC(C)C(O)=NC(C(=N)O)C(C)C. The van der Waals surface area contributed by atoms with E-state index in [1.807, 2.05) is 18.2 Å². The maximum absolute atomic E-state index is 14.0. The maximum Gasteiger partial charge on any atom is 0.245 e. The molecule has 0 radical (unpaired) electrons. The van der Waals surface area contributed by atoms with Gasteiger partial charge < -0.3 is 118 Å². The molecule has 1 aliphatic rings. The molecule has 14 atom stereocenters. The number of phenolic OH excluding ortho intramolecular Hbond substituents is 1. The van der Waals surface area contributed by atoms with Gasteiger partial charge in [0.1, 0.15) is 85.3 Å². The molecule has 1 saturated heterocycles. The number of carbonyl (C=O) groups excluding carboxylic acids is 1. The molecule has 1 aliphatic heterocycles. The Hall–Kier alpha value is -12.1. The number of nitrogens with one attached hydrogen (secondary N) is 4. The molecule has 4 aromatic rings. The number of aromatic hydroxyl groups is 1. The van der Waals surface area contributed by atoms with E-state index < -0.39 is 218 Å². The summed E-state index contributed by atoms with van der Waals surface area (Å²) in [4.78, 5) is 83.2. The second kappa shape index (κ2) is 46.6. The summed E-state index contributed by atoms with van der Waals surface area (Å²) in [6.45, 7) is 15.0. The number of hydrogen-bond acceptors (Lipinski definition) is 22. The van der Waals surface area contributed by atoms with E-state index in [0.717, 1.165) is 10.9 Å². The minimum Gasteiger partial charge on any atom is -0.508 e. The summed E-state index contributed by atoms with van der Waals surface area (Å²) >= 11 is 0. The highest BCUT2D eigenvalue weighted by Crippen LogP contribution is 2.25. The average Bonchev–Trinajstić information content (AvgIpc) is 1.66. The van der Waals surface area contributed by atoms with Gasteiger partial charge in [-0.2, -0.15) is 0 Å². The van der Waals surface area contributed by atoms with E-state index in [-0.39, 0.29) is 80.9 Å². The number of aromatic amines is 2. The van der Waals surface area contributed by atoms with Gasteiger partial charge in [-0.15, -0.1) is 0 Å². The van der Waals surface area contributed by atoms with Crippen molar-refractivity contribution in [1.82, 2.24) is 19.9 Å². The zero-order valence-corrected chi connectivity index (χ0v) is 67.8. The number of likely N-dealkylation sites (tertiary alicyclic amines) is 1. The first-order valence-electron chi connectivity index (χ1n) is 38.4. The third-order valence-electron chi connectivity index (χ3n) is 18.2. The Balaban J connectivity index is 1.39. The summed E-state index contributed by atoms with van der Waals surface area (Å²) in [7, 11) is 0. The van der Waals surface area contributed by atoms with E-state index in [1.54, 1.807) is 67.7 Å². The second-order valence-electron chi connectivity index (χ2n) is 29.9. The third-order valence-corrected chi connectivity index (χ3v) is 18.2. The predicted molar refractivity (Wildman–Crippen MR) is 455 cm³/mol. The van der Waals surface area contributed by atoms with Crippen molar-refractivity contribution in [1.29, 1.82) is 10.8 Å². The number of aliphatic hydroxyl groups is 18. The number of nitrogens with zero attached hydrogens (tertiary/aromatic N) is 16. The number of hydrogen-bond donors (Lipinski definition) is 24. The number of rotatable bonds is 47. The lowest BCUT2D eigenvalue weighted by atomic mass is 10.0. The summed E-state index contributed by atoms with van der Waals surface area (Å²) in [6.07, 6.45) is 2.40. The van der Waals surface area contributed by atoms with Gasteiger partial charge in [0, 0.05) is 54.8 Å². The first-order valence-corrected chi connectivity index (χ1v) is 38.4. The van der Waals surface area contributed by atoms with Crippen LogP contribution in [0.5, 0.6) is 5.75 Å². The molecule has 25 N–H and O–H groups in total. The van der Waals surface area contributed by atoms with Crippen LogP contribution in [0.1, 0.15) is 132 Å². The second-order valence-corrected chi connectivity index (χ2v) is 29.9. The zero-order valence-electron chi connectivity index (χ0n) is 67.8. The fourth-order valence-corrected chi connectivity index (χ4v) is 12.0. The van der Waals surface area contributed by atoms with Crippen LogP contribution < -0.4 is 5.73 Å². The molecule has 41 nitrogen and oxygen atoms in total. The minimum absolute atomic E-state index is 0.0266. The van der Waals surface area contributed by atoms with Crippen molar-refractivity contribution in [2.45, 2.75) is 219 Å². The number of carbonyl (C=O) groups is 1. The molecule has 0 bridgehead atoms. The molecule has 14 unspecified atom stereocenters. The monoisotopic (exact) mass is 1650 g/mol. The molecule has 648 valence electrons. The summed E-state index contributed by atoms with van der Waals surface area (Å²) in [5, 5.41) is 226. The number of H-pyrrole nitrogens is 2. The molecular weight excluding hydrogens is 1540 g/mol. The number of benzene rings is 2. The van der Waals surface area contributed by atoms with Crippen LogP contribution in [0.4, 0.5) is 0 Å². The van der Waals surface area contributed by atoms with E-state index in [0.29, 0.717) is 23.2 Å². The molecule has 5 rings (SSSR count). The van der Waals surface area contributed by atoms with E-state index in [9.17, 15) is 102 Å². The van der Waals surface area contributed by atoms with Gasteiger partial charge in [0.25, 0.3) is 0 Å². The number of fused-ring (bicyclic) bond motifs is 1. The topological polar surface area (TPSA) is 696 Å². The fourth-order valence-electron chi connectivity index (χ4n) is 12.0. The Bertz CT molecular complexity index is 4410. The molecule has 1 fully saturated rings. The third kappa shape index (κ3) is 30.8. The minimum atomic E-state index is -1.86. The number of aliphatic hydroxyl groups excluding tert-OH is 18. The van der Waals surface area contributed by atoms with Crippen LogP contribution in [0.3, 0.4) is 0 Å². The normalized spacial score (nSPS) is 19.0. The zero-order chi connectivity index (χ0) is 87.9. The van der Waals surface area contributed by atoms with Gasteiger partial charge >= 0.3 is 0 Å². The van der Waals surface area contributed by atoms with Gasteiger partial charge in [0.05, 0.1) is 32.0 Å². The molecule has 2 aromatic heterocycles. The van der Waals surface area contributed by atoms with Gasteiger partial charge in [0.2, 0.25) is 88.5 Å². The number of phenols is 1. The number of aliphatic imine (C=N–C) groups is 14. The summed E-state index contributed by atoms with van der Waals surface area (Å²) in [6, 6.07) is -5.48. The quantitative estimate of drug-likeness (QED) is 0.0147. The van der Waals surface area contributed by atoms with E-state index in [2.05, 4.69) is 84.8 Å². The number of nitrogens with two attached hydrogens (primary N) is 1. The van der Waals surface area contributed by atoms with Crippen LogP contribution in [0.2, 0.25) is 0 Å². The molecule has 0 aliphatic carbocycles. The Morgan fingerprint density at radius 3 is 1.57 bits per heavy atom. The molecule has 2 aromatic carbocycles. The Labute approximate surface area is 681 Å². The smallest absolute Gasteiger partial charge is 0.245 e. The van der Waals surface area contributed by atoms with Gasteiger partial charge in [-0.25, -0.2) is 74.9 Å². The van der Waals surface area contributed by atoms with Crippen LogP contribution in [-0.2, 0) is 24.1 Å². The highest BCUT2D eigenvalue weighted by Gasteiger charge is 2.36. The van der Waals surface area contributed by atoms with Crippen LogP contribution >= 0.6 is 0 Å². The summed E-state index contributed by atoms with van der Waals surface area (Å²) < 4.78 is 0. The Morgan fingerprint density at radius 1 is 0.525 bits per heavy atom. The van der Waals surface area contributed by atoms with E-state index in [4.69, 9.17) is 16.6 Å². The van der Waals surface area contributed by atoms with Crippen LogP contribution in [0, 0.1) is 34.5 Å². The maximum atomic E-state index is 14.0. The predicted octanol–water partition coefficient (Wildman–Crippen LogP) is 8.06.